The molecule has 0 unspecified atom stereocenters. The normalized spacial score (nSPS) is 10.7. The summed E-state index contributed by atoms with van der Waals surface area (Å²) in [5.41, 5.74) is 3.23. The summed E-state index contributed by atoms with van der Waals surface area (Å²) in [7, 11) is 1.67. The van der Waals surface area contributed by atoms with Crippen LogP contribution in [0.1, 0.15) is 36.5 Å². The van der Waals surface area contributed by atoms with E-state index in [4.69, 9.17) is 4.74 Å². The maximum atomic E-state index is 9.21. The molecule has 0 atom stereocenters. The molecule has 14 heavy (non-hydrogen) atoms. The highest BCUT2D eigenvalue weighted by atomic mass is 16.5. The number of hydrogen-bond acceptors (Lipinski definition) is 2. The number of benzene rings is 1. The molecule has 0 amide bonds. The van der Waals surface area contributed by atoms with Gasteiger partial charge in [0.2, 0.25) is 0 Å². The highest BCUT2D eigenvalue weighted by molar-refractivity contribution is 5.43. The molecule has 0 aromatic heterocycles. The van der Waals surface area contributed by atoms with E-state index in [2.05, 4.69) is 13.8 Å². The molecule has 1 aromatic rings. The van der Waals surface area contributed by atoms with Crippen LogP contribution in [0.5, 0.6) is 5.75 Å². The SMILES string of the molecule is COc1cc(C(C)C)c(CO)cc1C. The summed E-state index contributed by atoms with van der Waals surface area (Å²) in [6.45, 7) is 6.31. The van der Waals surface area contributed by atoms with Gasteiger partial charge in [0.25, 0.3) is 0 Å². The van der Waals surface area contributed by atoms with Crippen LogP contribution in [0.4, 0.5) is 0 Å². The Kier molecular flexibility index (Phi) is 3.53. The molecule has 2 nitrogen and oxygen atoms in total. The lowest BCUT2D eigenvalue weighted by Crippen LogP contribution is -1.99. The fraction of sp³-hybridized carbons (Fsp3) is 0.500. The first-order valence-electron chi connectivity index (χ1n) is 4.88. The minimum atomic E-state index is 0.0956. The van der Waals surface area contributed by atoms with E-state index in [9.17, 15) is 5.11 Å². The first kappa shape index (κ1) is 11.1. The maximum Gasteiger partial charge on any atom is 0.122 e. The van der Waals surface area contributed by atoms with Gasteiger partial charge in [-0.05, 0) is 41.7 Å². The van der Waals surface area contributed by atoms with E-state index in [1.807, 2.05) is 19.1 Å². The van der Waals surface area contributed by atoms with Crippen LogP contribution in [0.15, 0.2) is 12.1 Å². The Morgan fingerprint density at radius 3 is 2.43 bits per heavy atom. The average Bonchev–Trinajstić information content (AvgIpc) is 2.16. The van der Waals surface area contributed by atoms with Crippen LogP contribution in [-0.2, 0) is 6.61 Å². The van der Waals surface area contributed by atoms with Crippen LogP contribution in [0.3, 0.4) is 0 Å². The third-order valence-electron chi connectivity index (χ3n) is 2.45. The number of methoxy groups -OCH3 is 1. The second kappa shape index (κ2) is 4.47. The molecule has 0 bridgehead atoms. The van der Waals surface area contributed by atoms with Crippen LogP contribution >= 0.6 is 0 Å². The summed E-state index contributed by atoms with van der Waals surface area (Å²) in [6, 6.07) is 4.01. The molecule has 1 aromatic carbocycles. The van der Waals surface area contributed by atoms with Crippen molar-refractivity contribution >= 4 is 0 Å². The maximum absolute atomic E-state index is 9.21. The standard InChI is InChI=1S/C12H18O2/c1-8(2)11-6-12(14-4)9(3)5-10(11)7-13/h5-6,8,13H,7H2,1-4H3. The van der Waals surface area contributed by atoms with Crippen LogP contribution in [0.2, 0.25) is 0 Å². The van der Waals surface area contributed by atoms with Gasteiger partial charge in [-0.1, -0.05) is 13.8 Å². The number of aliphatic hydroxyl groups excluding tert-OH is 1. The minimum absolute atomic E-state index is 0.0956. The zero-order chi connectivity index (χ0) is 10.7. The van der Waals surface area contributed by atoms with Gasteiger partial charge < -0.3 is 9.84 Å². The van der Waals surface area contributed by atoms with Crippen LogP contribution in [-0.4, -0.2) is 12.2 Å². The molecule has 0 aliphatic rings. The van der Waals surface area contributed by atoms with Gasteiger partial charge in [0, 0.05) is 0 Å². The molecule has 0 aliphatic heterocycles. The van der Waals surface area contributed by atoms with Crippen molar-refractivity contribution in [3.05, 3.63) is 28.8 Å². The van der Waals surface area contributed by atoms with E-state index in [1.165, 1.54) is 0 Å². The predicted octanol–water partition coefficient (Wildman–Crippen LogP) is 2.62. The quantitative estimate of drug-likeness (QED) is 0.801. The second-order valence-electron chi connectivity index (χ2n) is 3.83. The van der Waals surface area contributed by atoms with Gasteiger partial charge in [-0.2, -0.15) is 0 Å². The number of rotatable bonds is 3. The molecule has 0 spiro atoms. The third kappa shape index (κ3) is 2.07. The van der Waals surface area contributed by atoms with Crippen LogP contribution < -0.4 is 4.74 Å². The fourth-order valence-electron chi connectivity index (χ4n) is 1.66. The summed E-state index contributed by atoms with van der Waals surface area (Å²) in [5, 5.41) is 9.21. The Bertz CT molecular complexity index is 316. The van der Waals surface area contributed by atoms with Crippen molar-refractivity contribution in [2.45, 2.75) is 33.3 Å². The Balaban J connectivity index is 3.25. The monoisotopic (exact) mass is 194 g/mol. The zero-order valence-corrected chi connectivity index (χ0v) is 9.29. The van der Waals surface area contributed by atoms with Gasteiger partial charge in [0.15, 0.2) is 0 Å². The lowest BCUT2D eigenvalue weighted by atomic mass is 9.95. The second-order valence-corrected chi connectivity index (χ2v) is 3.83. The number of aliphatic hydroxyl groups is 1. The largest absolute Gasteiger partial charge is 0.496 e. The molecular weight excluding hydrogens is 176 g/mol. The summed E-state index contributed by atoms with van der Waals surface area (Å²) < 4.78 is 5.25. The summed E-state index contributed by atoms with van der Waals surface area (Å²) in [4.78, 5) is 0. The van der Waals surface area contributed by atoms with Gasteiger partial charge in [0.05, 0.1) is 13.7 Å². The van der Waals surface area contributed by atoms with Crippen molar-refractivity contribution < 1.29 is 9.84 Å². The van der Waals surface area contributed by atoms with Crippen LogP contribution in [0.25, 0.3) is 0 Å². The van der Waals surface area contributed by atoms with Gasteiger partial charge in [-0.3, -0.25) is 0 Å². The van der Waals surface area contributed by atoms with Crippen molar-refractivity contribution in [3.8, 4) is 5.75 Å². The van der Waals surface area contributed by atoms with E-state index < -0.39 is 0 Å². The summed E-state index contributed by atoms with van der Waals surface area (Å²) in [6.07, 6.45) is 0. The Hall–Kier alpha value is -1.02. The molecule has 0 saturated carbocycles. The highest BCUT2D eigenvalue weighted by Crippen LogP contribution is 2.27. The van der Waals surface area contributed by atoms with E-state index in [0.29, 0.717) is 5.92 Å². The van der Waals surface area contributed by atoms with Gasteiger partial charge in [-0.25, -0.2) is 0 Å². The number of aryl methyl sites for hydroxylation is 1. The summed E-state index contributed by atoms with van der Waals surface area (Å²) >= 11 is 0. The van der Waals surface area contributed by atoms with Crippen molar-refractivity contribution in [2.24, 2.45) is 0 Å². The minimum Gasteiger partial charge on any atom is -0.496 e. The van der Waals surface area contributed by atoms with Gasteiger partial charge in [-0.15, -0.1) is 0 Å². The smallest absolute Gasteiger partial charge is 0.122 e. The molecule has 1 rings (SSSR count). The average molecular weight is 194 g/mol. The van der Waals surface area contributed by atoms with Crippen molar-refractivity contribution in [1.82, 2.24) is 0 Å². The van der Waals surface area contributed by atoms with E-state index in [1.54, 1.807) is 7.11 Å². The van der Waals surface area contributed by atoms with Gasteiger partial charge >= 0.3 is 0 Å². The van der Waals surface area contributed by atoms with Crippen molar-refractivity contribution in [3.63, 3.8) is 0 Å². The van der Waals surface area contributed by atoms with Crippen LogP contribution in [0, 0.1) is 6.92 Å². The van der Waals surface area contributed by atoms with Crippen molar-refractivity contribution in [1.29, 1.82) is 0 Å². The van der Waals surface area contributed by atoms with Gasteiger partial charge in [0.1, 0.15) is 5.75 Å². The topological polar surface area (TPSA) is 29.5 Å². The Labute approximate surface area is 85.5 Å². The fourth-order valence-corrected chi connectivity index (χ4v) is 1.66. The Morgan fingerprint density at radius 2 is 2.00 bits per heavy atom. The number of ether oxygens (including phenoxy) is 1. The van der Waals surface area contributed by atoms with E-state index in [-0.39, 0.29) is 6.61 Å². The molecule has 78 valence electrons. The predicted molar refractivity (Wildman–Crippen MR) is 57.7 cm³/mol. The van der Waals surface area contributed by atoms with E-state index in [0.717, 1.165) is 22.4 Å². The first-order chi connectivity index (χ1) is 6.60. The molecule has 0 radical (unpaired) electrons. The molecule has 0 heterocycles. The Morgan fingerprint density at radius 1 is 1.36 bits per heavy atom. The molecule has 0 saturated heterocycles. The van der Waals surface area contributed by atoms with Crippen molar-refractivity contribution in [2.75, 3.05) is 7.11 Å². The summed E-state index contributed by atoms with van der Waals surface area (Å²) in [5.74, 6) is 1.30. The third-order valence-corrected chi connectivity index (χ3v) is 2.45. The van der Waals surface area contributed by atoms with E-state index >= 15 is 0 Å². The highest BCUT2D eigenvalue weighted by Gasteiger charge is 2.09. The zero-order valence-electron chi connectivity index (χ0n) is 9.29. The molecule has 0 fully saturated rings. The first-order valence-corrected chi connectivity index (χ1v) is 4.88. The lowest BCUT2D eigenvalue weighted by Gasteiger charge is -2.14. The molecule has 1 N–H and O–H groups in total. The molecule has 0 aliphatic carbocycles. The lowest BCUT2D eigenvalue weighted by molar-refractivity contribution is 0.279. The molecular formula is C12H18O2. The number of hydrogen-bond donors (Lipinski definition) is 1. The molecule has 2 heteroatoms.